The number of benzene rings is 1. The monoisotopic (exact) mass is 215 g/mol. The fourth-order valence-corrected chi connectivity index (χ4v) is 1.75. The zero-order chi connectivity index (χ0) is 11.6. The topological polar surface area (TPSA) is 29.9 Å². The predicted molar refractivity (Wildman–Crippen MR) is 65.6 cm³/mol. The van der Waals surface area contributed by atoms with Gasteiger partial charge in [0.25, 0.3) is 0 Å². The first-order valence-electron chi connectivity index (χ1n) is 5.43. The minimum absolute atomic E-state index is 0.0669. The Bertz CT molecular complexity index is 458. The fourth-order valence-electron chi connectivity index (χ4n) is 1.75. The molecule has 2 aromatic rings. The number of para-hydroxylation sites is 1. The third-order valence-corrected chi connectivity index (χ3v) is 2.95. The molecule has 0 aliphatic heterocycles. The van der Waals surface area contributed by atoms with E-state index < -0.39 is 0 Å². The van der Waals surface area contributed by atoms with Gasteiger partial charge in [-0.1, -0.05) is 18.2 Å². The summed E-state index contributed by atoms with van der Waals surface area (Å²) < 4.78 is 1.90. The van der Waals surface area contributed by atoms with Crippen molar-refractivity contribution in [3.8, 4) is 5.69 Å². The first-order valence-corrected chi connectivity index (χ1v) is 5.43. The average molecular weight is 215 g/mol. The summed E-state index contributed by atoms with van der Waals surface area (Å²) in [5.41, 5.74) is 2.29. The molecule has 0 aliphatic rings. The molecule has 84 valence electrons. The molecule has 1 aromatic heterocycles. The average Bonchev–Trinajstić information content (AvgIpc) is 2.82. The van der Waals surface area contributed by atoms with E-state index >= 15 is 0 Å². The molecular weight excluding hydrogens is 198 g/mol. The van der Waals surface area contributed by atoms with Crippen molar-refractivity contribution in [3.63, 3.8) is 0 Å². The van der Waals surface area contributed by atoms with Crippen molar-refractivity contribution in [2.75, 3.05) is 7.05 Å². The van der Waals surface area contributed by atoms with Gasteiger partial charge in [0, 0.05) is 17.9 Å². The van der Waals surface area contributed by atoms with Crippen LogP contribution in [0.15, 0.2) is 42.7 Å². The van der Waals surface area contributed by atoms with E-state index in [2.05, 4.69) is 42.5 Å². The van der Waals surface area contributed by atoms with Crippen LogP contribution in [-0.4, -0.2) is 16.8 Å². The normalized spacial score (nSPS) is 11.7. The Kier molecular flexibility index (Phi) is 2.79. The minimum atomic E-state index is -0.0669. The first kappa shape index (κ1) is 10.9. The number of rotatable bonds is 3. The molecule has 1 heterocycles. The van der Waals surface area contributed by atoms with E-state index in [9.17, 15) is 0 Å². The van der Waals surface area contributed by atoms with Crippen LogP contribution in [-0.2, 0) is 5.54 Å². The van der Waals surface area contributed by atoms with Gasteiger partial charge in [-0.3, -0.25) is 0 Å². The molecule has 16 heavy (non-hydrogen) atoms. The van der Waals surface area contributed by atoms with Gasteiger partial charge in [-0.2, -0.15) is 5.10 Å². The molecule has 3 heteroatoms. The van der Waals surface area contributed by atoms with E-state index in [4.69, 9.17) is 0 Å². The van der Waals surface area contributed by atoms with E-state index in [-0.39, 0.29) is 5.54 Å². The number of hydrogen-bond donors (Lipinski definition) is 1. The molecule has 0 spiro atoms. The Labute approximate surface area is 96.1 Å². The zero-order valence-electron chi connectivity index (χ0n) is 9.94. The third kappa shape index (κ3) is 1.86. The SMILES string of the molecule is CNC(C)(C)c1ccccc1-n1cccn1. The Hall–Kier alpha value is -1.61. The molecule has 0 bridgehead atoms. The summed E-state index contributed by atoms with van der Waals surface area (Å²) >= 11 is 0. The Morgan fingerprint density at radius 3 is 2.56 bits per heavy atom. The van der Waals surface area contributed by atoms with Crippen molar-refractivity contribution in [1.29, 1.82) is 0 Å². The third-order valence-electron chi connectivity index (χ3n) is 2.95. The second-order valence-corrected chi connectivity index (χ2v) is 4.34. The molecule has 1 N–H and O–H groups in total. The van der Waals surface area contributed by atoms with Gasteiger partial charge < -0.3 is 5.32 Å². The molecule has 0 amide bonds. The Morgan fingerprint density at radius 2 is 1.94 bits per heavy atom. The standard InChI is InChI=1S/C13H17N3/c1-13(2,14-3)11-7-4-5-8-12(11)16-10-6-9-15-16/h4-10,14H,1-3H3. The highest BCUT2D eigenvalue weighted by molar-refractivity contribution is 5.44. The highest BCUT2D eigenvalue weighted by Crippen LogP contribution is 2.25. The van der Waals surface area contributed by atoms with Crippen LogP contribution < -0.4 is 5.32 Å². The van der Waals surface area contributed by atoms with Crippen LogP contribution in [0, 0.1) is 0 Å². The minimum Gasteiger partial charge on any atom is -0.311 e. The van der Waals surface area contributed by atoms with Crippen molar-refractivity contribution in [3.05, 3.63) is 48.3 Å². The van der Waals surface area contributed by atoms with Crippen LogP contribution >= 0.6 is 0 Å². The zero-order valence-corrected chi connectivity index (χ0v) is 9.94. The Morgan fingerprint density at radius 1 is 1.19 bits per heavy atom. The second kappa shape index (κ2) is 4.10. The molecule has 0 unspecified atom stereocenters. The second-order valence-electron chi connectivity index (χ2n) is 4.34. The molecule has 0 saturated carbocycles. The van der Waals surface area contributed by atoms with Crippen molar-refractivity contribution < 1.29 is 0 Å². The van der Waals surface area contributed by atoms with Crippen molar-refractivity contribution >= 4 is 0 Å². The van der Waals surface area contributed by atoms with Crippen LogP contribution in [0.5, 0.6) is 0 Å². The summed E-state index contributed by atoms with van der Waals surface area (Å²) in [6.07, 6.45) is 3.76. The predicted octanol–water partition coefficient (Wildman–Crippen LogP) is 2.33. The first-order chi connectivity index (χ1) is 7.65. The van der Waals surface area contributed by atoms with Gasteiger partial charge in [0.2, 0.25) is 0 Å². The van der Waals surface area contributed by atoms with Crippen LogP contribution in [0.3, 0.4) is 0 Å². The van der Waals surface area contributed by atoms with Crippen LogP contribution in [0.1, 0.15) is 19.4 Å². The molecular formula is C13H17N3. The summed E-state index contributed by atoms with van der Waals surface area (Å²) in [5, 5.41) is 7.60. The molecule has 2 rings (SSSR count). The number of nitrogens with zero attached hydrogens (tertiary/aromatic N) is 2. The quantitative estimate of drug-likeness (QED) is 0.851. The molecule has 0 aliphatic carbocycles. The lowest BCUT2D eigenvalue weighted by Gasteiger charge is -2.27. The summed E-state index contributed by atoms with van der Waals surface area (Å²) in [5.74, 6) is 0. The molecule has 3 nitrogen and oxygen atoms in total. The van der Waals surface area contributed by atoms with E-state index in [1.54, 1.807) is 6.20 Å². The highest BCUT2D eigenvalue weighted by Gasteiger charge is 2.21. The molecule has 0 radical (unpaired) electrons. The number of aromatic nitrogens is 2. The summed E-state index contributed by atoms with van der Waals surface area (Å²) in [4.78, 5) is 0. The summed E-state index contributed by atoms with van der Waals surface area (Å²) in [6.45, 7) is 4.32. The van der Waals surface area contributed by atoms with Crippen LogP contribution in [0.25, 0.3) is 5.69 Å². The van der Waals surface area contributed by atoms with Gasteiger partial charge in [-0.15, -0.1) is 0 Å². The van der Waals surface area contributed by atoms with Gasteiger partial charge in [-0.05, 0) is 38.6 Å². The van der Waals surface area contributed by atoms with Gasteiger partial charge in [0.1, 0.15) is 0 Å². The van der Waals surface area contributed by atoms with Crippen LogP contribution in [0.2, 0.25) is 0 Å². The maximum atomic E-state index is 4.28. The van der Waals surface area contributed by atoms with Gasteiger partial charge in [0.05, 0.1) is 5.69 Å². The van der Waals surface area contributed by atoms with Crippen LogP contribution in [0.4, 0.5) is 0 Å². The van der Waals surface area contributed by atoms with Crippen molar-refractivity contribution in [1.82, 2.24) is 15.1 Å². The lowest BCUT2D eigenvalue weighted by atomic mass is 9.93. The summed E-state index contributed by atoms with van der Waals surface area (Å²) in [7, 11) is 1.97. The Balaban J connectivity index is 2.55. The van der Waals surface area contributed by atoms with E-state index in [1.807, 2.05) is 30.1 Å². The van der Waals surface area contributed by atoms with Crippen molar-refractivity contribution in [2.45, 2.75) is 19.4 Å². The summed E-state index contributed by atoms with van der Waals surface area (Å²) in [6, 6.07) is 10.2. The van der Waals surface area contributed by atoms with Gasteiger partial charge in [0.15, 0.2) is 0 Å². The molecule has 0 saturated heterocycles. The number of nitrogens with one attached hydrogen (secondary N) is 1. The molecule has 1 aromatic carbocycles. The molecule has 0 atom stereocenters. The van der Waals surface area contributed by atoms with E-state index in [0.717, 1.165) is 5.69 Å². The van der Waals surface area contributed by atoms with Gasteiger partial charge in [-0.25, -0.2) is 4.68 Å². The largest absolute Gasteiger partial charge is 0.311 e. The maximum Gasteiger partial charge on any atom is 0.0695 e. The molecule has 0 fully saturated rings. The van der Waals surface area contributed by atoms with E-state index in [1.165, 1.54) is 5.56 Å². The number of hydrogen-bond acceptors (Lipinski definition) is 2. The maximum absolute atomic E-state index is 4.28. The highest BCUT2D eigenvalue weighted by atomic mass is 15.3. The van der Waals surface area contributed by atoms with E-state index in [0.29, 0.717) is 0 Å². The lowest BCUT2D eigenvalue weighted by molar-refractivity contribution is 0.442. The fraction of sp³-hybridized carbons (Fsp3) is 0.308. The smallest absolute Gasteiger partial charge is 0.0695 e. The van der Waals surface area contributed by atoms with Gasteiger partial charge >= 0.3 is 0 Å². The lowest BCUT2D eigenvalue weighted by Crippen LogP contribution is -2.34. The van der Waals surface area contributed by atoms with Crippen molar-refractivity contribution in [2.24, 2.45) is 0 Å².